The van der Waals surface area contributed by atoms with Gasteiger partial charge in [0, 0.05) is 5.92 Å². The number of hydrogen-bond donors (Lipinski definition) is 1. The molecule has 1 N–H and O–H groups in total. The molecule has 8 nitrogen and oxygen atoms in total. The van der Waals surface area contributed by atoms with E-state index in [-0.39, 0.29) is 19.4 Å². The number of ether oxygens (including phenoxy) is 6. The fourth-order valence-electron chi connectivity index (χ4n) is 3.97. The Morgan fingerprint density at radius 3 is 2.37 bits per heavy atom. The number of aliphatic hydroxyl groups is 1. The molecule has 4 rings (SSSR count). The van der Waals surface area contributed by atoms with Crippen molar-refractivity contribution >= 4 is 5.97 Å². The summed E-state index contributed by atoms with van der Waals surface area (Å²) in [6.07, 6.45) is -0.528. The zero-order valence-corrected chi connectivity index (χ0v) is 17.0. The van der Waals surface area contributed by atoms with Crippen LogP contribution in [-0.4, -0.2) is 45.8 Å². The van der Waals surface area contributed by atoms with E-state index in [9.17, 15) is 9.90 Å². The molecule has 0 saturated carbocycles. The van der Waals surface area contributed by atoms with Crippen molar-refractivity contribution in [2.75, 3.05) is 34.7 Å². The molecule has 0 bridgehead atoms. The van der Waals surface area contributed by atoms with Crippen molar-refractivity contribution in [2.45, 2.75) is 12.5 Å². The molecule has 2 aromatic rings. The molecule has 160 valence electrons. The Bertz CT molecular complexity index is 916. The minimum atomic E-state index is -0.891. The molecule has 0 unspecified atom stereocenters. The highest BCUT2D eigenvalue weighted by molar-refractivity contribution is 5.75. The number of esters is 1. The summed E-state index contributed by atoms with van der Waals surface area (Å²) in [4.78, 5) is 12.5. The monoisotopic (exact) mass is 416 g/mol. The van der Waals surface area contributed by atoms with E-state index in [1.54, 1.807) is 30.3 Å². The maximum atomic E-state index is 12.5. The first-order valence-corrected chi connectivity index (χ1v) is 9.58. The fourth-order valence-corrected chi connectivity index (χ4v) is 3.97. The number of carbonyl (C=O) groups excluding carboxylic acids is 1. The van der Waals surface area contributed by atoms with Crippen LogP contribution in [0.3, 0.4) is 0 Å². The van der Waals surface area contributed by atoms with Gasteiger partial charge in [0.05, 0.1) is 40.0 Å². The summed E-state index contributed by atoms with van der Waals surface area (Å²) in [5.74, 6) is 1.45. The molecular formula is C22H24O8. The zero-order chi connectivity index (χ0) is 21.3. The number of benzene rings is 2. The van der Waals surface area contributed by atoms with E-state index in [4.69, 9.17) is 28.4 Å². The lowest BCUT2D eigenvalue weighted by Crippen LogP contribution is -2.24. The van der Waals surface area contributed by atoms with Crippen LogP contribution in [0.15, 0.2) is 30.3 Å². The minimum absolute atomic E-state index is 0.142. The van der Waals surface area contributed by atoms with Gasteiger partial charge in [-0.15, -0.1) is 0 Å². The number of methoxy groups -OCH3 is 3. The molecule has 2 aliphatic heterocycles. The molecule has 30 heavy (non-hydrogen) atoms. The topological polar surface area (TPSA) is 92.7 Å². The Balaban J connectivity index is 1.59. The average molecular weight is 416 g/mol. The third-order valence-corrected chi connectivity index (χ3v) is 5.56. The van der Waals surface area contributed by atoms with Crippen molar-refractivity contribution < 1.29 is 38.3 Å². The van der Waals surface area contributed by atoms with E-state index in [1.807, 2.05) is 0 Å². The molecule has 1 fully saturated rings. The maximum Gasteiger partial charge on any atom is 0.309 e. The van der Waals surface area contributed by atoms with E-state index in [2.05, 4.69) is 0 Å². The Kier molecular flexibility index (Phi) is 5.59. The Labute approximate surface area is 174 Å². The van der Waals surface area contributed by atoms with Crippen molar-refractivity contribution in [1.82, 2.24) is 0 Å². The fraction of sp³-hybridized carbons (Fsp3) is 0.409. The summed E-state index contributed by atoms with van der Waals surface area (Å²) < 4.78 is 32.2. The van der Waals surface area contributed by atoms with Crippen LogP contribution in [0.1, 0.15) is 17.2 Å². The van der Waals surface area contributed by atoms with Crippen molar-refractivity contribution in [3.8, 4) is 28.7 Å². The van der Waals surface area contributed by atoms with Gasteiger partial charge in [0.2, 0.25) is 12.5 Å². The second kappa shape index (κ2) is 8.31. The third kappa shape index (κ3) is 3.59. The van der Waals surface area contributed by atoms with Gasteiger partial charge in [0.25, 0.3) is 0 Å². The third-order valence-electron chi connectivity index (χ3n) is 5.56. The number of rotatable bonds is 7. The van der Waals surface area contributed by atoms with Crippen LogP contribution in [0.5, 0.6) is 28.7 Å². The molecule has 2 heterocycles. The summed E-state index contributed by atoms with van der Waals surface area (Å²) >= 11 is 0. The molecule has 8 heteroatoms. The number of hydrogen-bond acceptors (Lipinski definition) is 8. The molecule has 1 saturated heterocycles. The summed E-state index contributed by atoms with van der Waals surface area (Å²) in [5, 5.41) is 11.0. The van der Waals surface area contributed by atoms with Gasteiger partial charge in [-0.1, -0.05) is 6.07 Å². The molecule has 2 aromatic carbocycles. The number of aliphatic hydroxyl groups excluding tert-OH is 1. The molecule has 0 amide bonds. The molecule has 0 spiro atoms. The van der Waals surface area contributed by atoms with Gasteiger partial charge < -0.3 is 33.5 Å². The normalized spacial score (nSPS) is 20.6. The first kappa shape index (κ1) is 20.2. The minimum Gasteiger partial charge on any atom is -0.493 e. The highest BCUT2D eigenvalue weighted by Crippen LogP contribution is 2.42. The lowest BCUT2D eigenvalue weighted by molar-refractivity contribution is -0.141. The van der Waals surface area contributed by atoms with Gasteiger partial charge in [-0.05, 0) is 41.8 Å². The number of fused-ring (bicyclic) bond motifs is 1. The first-order valence-electron chi connectivity index (χ1n) is 9.58. The van der Waals surface area contributed by atoms with E-state index >= 15 is 0 Å². The second-order valence-corrected chi connectivity index (χ2v) is 7.20. The zero-order valence-electron chi connectivity index (χ0n) is 17.0. The molecular weight excluding hydrogens is 392 g/mol. The largest absolute Gasteiger partial charge is 0.493 e. The smallest absolute Gasteiger partial charge is 0.309 e. The van der Waals surface area contributed by atoms with Gasteiger partial charge in [0.15, 0.2) is 23.0 Å². The Morgan fingerprint density at radius 1 is 1.00 bits per heavy atom. The lowest BCUT2D eigenvalue weighted by atomic mass is 9.83. The highest BCUT2D eigenvalue weighted by atomic mass is 16.7. The predicted octanol–water partition coefficient (Wildman–Crippen LogP) is 2.51. The van der Waals surface area contributed by atoms with Gasteiger partial charge in [-0.25, -0.2) is 0 Å². The van der Waals surface area contributed by atoms with Gasteiger partial charge in [0.1, 0.15) is 0 Å². The van der Waals surface area contributed by atoms with Gasteiger partial charge in [-0.3, -0.25) is 4.79 Å². The predicted molar refractivity (Wildman–Crippen MR) is 105 cm³/mol. The molecule has 2 aliphatic rings. The van der Waals surface area contributed by atoms with Crippen molar-refractivity contribution in [3.63, 3.8) is 0 Å². The summed E-state index contributed by atoms with van der Waals surface area (Å²) in [7, 11) is 4.61. The van der Waals surface area contributed by atoms with E-state index < -0.39 is 17.9 Å². The summed E-state index contributed by atoms with van der Waals surface area (Å²) in [6.45, 7) is 0.299. The highest BCUT2D eigenvalue weighted by Gasteiger charge is 2.42. The van der Waals surface area contributed by atoms with E-state index in [0.29, 0.717) is 40.7 Å². The lowest BCUT2D eigenvalue weighted by Gasteiger charge is -2.22. The Hall–Kier alpha value is -3.13. The molecule has 0 aromatic heterocycles. The van der Waals surface area contributed by atoms with Crippen LogP contribution in [0.4, 0.5) is 0 Å². The van der Waals surface area contributed by atoms with Crippen LogP contribution in [0.2, 0.25) is 0 Å². The van der Waals surface area contributed by atoms with Gasteiger partial charge in [-0.2, -0.15) is 0 Å². The Morgan fingerprint density at radius 2 is 1.70 bits per heavy atom. The number of cyclic esters (lactones) is 1. The SMILES string of the molecule is COc1cc(C[C@H]2C(=O)OC[C@@H]2[C@H](O)c2ccc3c(c2)OCO3)cc(OC)c1OC. The summed E-state index contributed by atoms with van der Waals surface area (Å²) in [5.41, 5.74) is 1.47. The van der Waals surface area contributed by atoms with Crippen LogP contribution >= 0.6 is 0 Å². The first-order chi connectivity index (χ1) is 14.5. The quantitative estimate of drug-likeness (QED) is 0.689. The summed E-state index contributed by atoms with van der Waals surface area (Å²) in [6, 6.07) is 8.88. The van der Waals surface area contributed by atoms with Crippen LogP contribution in [0, 0.1) is 11.8 Å². The van der Waals surface area contributed by atoms with Crippen molar-refractivity contribution in [3.05, 3.63) is 41.5 Å². The standard InChI is InChI=1S/C22H24O8/c1-25-18-7-12(8-19(26-2)21(18)27-3)6-14-15(10-28-22(14)24)20(23)13-4-5-16-17(9-13)30-11-29-16/h4-5,7-9,14-15,20,23H,6,10-11H2,1-3H3/t14-,15+,20-/m1/s1. The molecule has 0 aliphatic carbocycles. The average Bonchev–Trinajstić information content (AvgIpc) is 3.38. The van der Waals surface area contributed by atoms with Crippen LogP contribution in [0.25, 0.3) is 0 Å². The van der Waals surface area contributed by atoms with E-state index in [0.717, 1.165) is 5.56 Å². The molecule has 0 radical (unpaired) electrons. The molecule has 3 atom stereocenters. The van der Waals surface area contributed by atoms with Crippen LogP contribution in [-0.2, 0) is 16.0 Å². The van der Waals surface area contributed by atoms with Crippen LogP contribution < -0.4 is 23.7 Å². The maximum absolute atomic E-state index is 12.5. The number of carbonyl (C=O) groups is 1. The second-order valence-electron chi connectivity index (χ2n) is 7.20. The van der Waals surface area contributed by atoms with Crippen molar-refractivity contribution in [1.29, 1.82) is 0 Å². The van der Waals surface area contributed by atoms with Crippen molar-refractivity contribution in [2.24, 2.45) is 11.8 Å². The van der Waals surface area contributed by atoms with Gasteiger partial charge >= 0.3 is 5.97 Å². The van der Waals surface area contributed by atoms with E-state index in [1.165, 1.54) is 21.3 Å².